The molecule has 0 radical (unpaired) electrons. The number of hydrogen-bond donors (Lipinski definition) is 2. The highest BCUT2D eigenvalue weighted by molar-refractivity contribution is 5.67. The van der Waals surface area contributed by atoms with E-state index in [-0.39, 0.29) is 6.42 Å². The number of rotatable bonds is 6. The van der Waals surface area contributed by atoms with Crippen molar-refractivity contribution in [2.75, 3.05) is 0 Å². The van der Waals surface area contributed by atoms with E-state index in [1.807, 2.05) is 24.3 Å². The number of carboxylic acids is 1. The van der Waals surface area contributed by atoms with Gasteiger partial charge < -0.3 is 10.2 Å². The Labute approximate surface area is 102 Å². The second kappa shape index (κ2) is 6.40. The summed E-state index contributed by atoms with van der Waals surface area (Å²) in [5, 5.41) is 18.1. The van der Waals surface area contributed by atoms with Crippen molar-refractivity contribution in [2.24, 2.45) is 5.92 Å². The standard InChI is InChI=1S/C14H20O3/c1-10(2)7-11-3-5-12(6-4-11)8-13(15)9-14(16)17/h3-6,10,13,15H,7-9H2,1-2H3,(H,16,17)/t13-/m0/s1. The number of aliphatic carboxylic acids is 1. The van der Waals surface area contributed by atoms with Gasteiger partial charge in [0, 0.05) is 0 Å². The summed E-state index contributed by atoms with van der Waals surface area (Å²) in [6.07, 6.45) is 0.434. The minimum absolute atomic E-state index is 0.201. The van der Waals surface area contributed by atoms with Crippen LogP contribution in [-0.2, 0) is 17.6 Å². The minimum Gasteiger partial charge on any atom is -0.481 e. The summed E-state index contributed by atoms with van der Waals surface area (Å²) in [4.78, 5) is 10.4. The molecule has 0 bridgehead atoms. The third-order valence-corrected chi connectivity index (χ3v) is 2.55. The van der Waals surface area contributed by atoms with Crippen molar-refractivity contribution in [3.05, 3.63) is 35.4 Å². The molecular formula is C14H20O3. The van der Waals surface area contributed by atoms with Gasteiger partial charge in [-0.1, -0.05) is 38.1 Å². The third kappa shape index (κ3) is 5.50. The summed E-state index contributed by atoms with van der Waals surface area (Å²) in [7, 11) is 0. The molecule has 0 amide bonds. The van der Waals surface area contributed by atoms with Crippen LogP contribution < -0.4 is 0 Å². The van der Waals surface area contributed by atoms with Crippen molar-refractivity contribution in [1.82, 2.24) is 0 Å². The van der Waals surface area contributed by atoms with E-state index < -0.39 is 12.1 Å². The molecule has 94 valence electrons. The van der Waals surface area contributed by atoms with Crippen molar-refractivity contribution in [2.45, 2.75) is 39.2 Å². The van der Waals surface area contributed by atoms with Crippen LogP contribution in [0.2, 0.25) is 0 Å². The van der Waals surface area contributed by atoms with Gasteiger partial charge in [0.2, 0.25) is 0 Å². The summed E-state index contributed by atoms with van der Waals surface area (Å²) >= 11 is 0. The number of aliphatic hydroxyl groups is 1. The number of carboxylic acid groups (broad SMARTS) is 1. The fourth-order valence-electron chi connectivity index (χ4n) is 1.83. The fraction of sp³-hybridized carbons (Fsp3) is 0.500. The number of hydrogen-bond acceptors (Lipinski definition) is 2. The minimum atomic E-state index is -0.964. The second-order valence-electron chi connectivity index (χ2n) is 4.87. The lowest BCUT2D eigenvalue weighted by Crippen LogP contribution is -2.15. The van der Waals surface area contributed by atoms with E-state index in [1.54, 1.807) is 0 Å². The molecule has 0 fully saturated rings. The molecule has 0 aromatic heterocycles. The molecule has 1 rings (SSSR count). The van der Waals surface area contributed by atoms with Gasteiger partial charge in [-0.05, 0) is 29.9 Å². The Bertz CT molecular complexity index is 354. The van der Waals surface area contributed by atoms with Gasteiger partial charge in [0.15, 0.2) is 0 Å². The zero-order valence-electron chi connectivity index (χ0n) is 10.4. The first-order valence-corrected chi connectivity index (χ1v) is 5.95. The van der Waals surface area contributed by atoms with Crippen molar-refractivity contribution in [3.8, 4) is 0 Å². The number of benzene rings is 1. The highest BCUT2D eigenvalue weighted by atomic mass is 16.4. The molecule has 0 spiro atoms. The van der Waals surface area contributed by atoms with Crippen LogP contribution in [-0.4, -0.2) is 22.3 Å². The molecule has 2 N–H and O–H groups in total. The normalized spacial score (nSPS) is 12.7. The molecular weight excluding hydrogens is 216 g/mol. The predicted molar refractivity (Wildman–Crippen MR) is 66.9 cm³/mol. The molecule has 1 aromatic rings. The van der Waals surface area contributed by atoms with Crippen molar-refractivity contribution < 1.29 is 15.0 Å². The van der Waals surface area contributed by atoms with Gasteiger partial charge in [0.25, 0.3) is 0 Å². The number of aliphatic hydroxyl groups excluding tert-OH is 1. The lowest BCUT2D eigenvalue weighted by Gasteiger charge is -2.09. The van der Waals surface area contributed by atoms with E-state index in [2.05, 4.69) is 13.8 Å². The Balaban J connectivity index is 2.53. The highest BCUT2D eigenvalue weighted by Crippen LogP contribution is 2.12. The molecule has 0 aliphatic carbocycles. The van der Waals surface area contributed by atoms with Crippen molar-refractivity contribution in [1.29, 1.82) is 0 Å². The van der Waals surface area contributed by atoms with E-state index in [0.29, 0.717) is 12.3 Å². The predicted octanol–water partition coefficient (Wildman–Crippen LogP) is 2.26. The Hall–Kier alpha value is -1.35. The lowest BCUT2D eigenvalue weighted by atomic mass is 9.99. The average molecular weight is 236 g/mol. The fourth-order valence-corrected chi connectivity index (χ4v) is 1.83. The Morgan fingerprint density at radius 1 is 1.12 bits per heavy atom. The molecule has 1 aromatic carbocycles. The van der Waals surface area contributed by atoms with Crippen molar-refractivity contribution in [3.63, 3.8) is 0 Å². The van der Waals surface area contributed by atoms with Crippen LogP contribution in [0.15, 0.2) is 24.3 Å². The van der Waals surface area contributed by atoms with Crippen LogP contribution in [0.25, 0.3) is 0 Å². The Morgan fingerprint density at radius 3 is 2.00 bits per heavy atom. The molecule has 3 heteroatoms. The zero-order valence-corrected chi connectivity index (χ0v) is 10.4. The van der Waals surface area contributed by atoms with Crippen LogP contribution in [0.3, 0.4) is 0 Å². The summed E-state index contributed by atoms with van der Waals surface area (Å²) in [5.41, 5.74) is 2.25. The largest absolute Gasteiger partial charge is 0.481 e. The quantitative estimate of drug-likeness (QED) is 0.796. The van der Waals surface area contributed by atoms with Crippen LogP contribution in [0.1, 0.15) is 31.4 Å². The van der Waals surface area contributed by atoms with E-state index in [4.69, 9.17) is 5.11 Å². The van der Waals surface area contributed by atoms with Crippen LogP contribution in [0.4, 0.5) is 0 Å². The molecule has 0 saturated heterocycles. The first-order chi connectivity index (χ1) is 7.97. The lowest BCUT2D eigenvalue weighted by molar-refractivity contribution is -0.139. The summed E-state index contributed by atoms with van der Waals surface area (Å²) < 4.78 is 0. The molecule has 0 aliphatic heterocycles. The molecule has 0 heterocycles. The third-order valence-electron chi connectivity index (χ3n) is 2.55. The van der Waals surface area contributed by atoms with Crippen LogP contribution in [0.5, 0.6) is 0 Å². The zero-order chi connectivity index (χ0) is 12.8. The molecule has 1 atom stereocenters. The Morgan fingerprint density at radius 2 is 1.59 bits per heavy atom. The van der Waals surface area contributed by atoms with Gasteiger partial charge in [-0.15, -0.1) is 0 Å². The second-order valence-corrected chi connectivity index (χ2v) is 4.87. The molecule has 0 saturated carbocycles. The van der Waals surface area contributed by atoms with Crippen LogP contribution in [0, 0.1) is 5.92 Å². The molecule has 3 nitrogen and oxygen atoms in total. The molecule has 0 unspecified atom stereocenters. The van der Waals surface area contributed by atoms with Gasteiger partial charge in [-0.25, -0.2) is 0 Å². The highest BCUT2D eigenvalue weighted by Gasteiger charge is 2.10. The number of carbonyl (C=O) groups is 1. The Kier molecular flexibility index (Phi) is 5.16. The van der Waals surface area contributed by atoms with Gasteiger partial charge >= 0.3 is 5.97 Å². The summed E-state index contributed by atoms with van der Waals surface area (Å²) in [6.45, 7) is 4.34. The average Bonchev–Trinajstić information content (AvgIpc) is 2.18. The summed E-state index contributed by atoms with van der Waals surface area (Å²) in [6, 6.07) is 8.01. The van der Waals surface area contributed by atoms with E-state index >= 15 is 0 Å². The van der Waals surface area contributed by atoms with Gasteiger partial charge in [-0.2, -0.15) is 0 Å². The van der Waals surface area contributed by atoms with Crippen LogP contribution >= 0.6 is 0 Å². The smallest absolute Gasteiger partial charge is 0.305 e. The van der Waals surface area contributed by atoms with E-state index in [0.717, 1.165) is 12.0 Å². The van der Waals surface area contributed by atoms with Gasteiger partial charge in [0.05, 0.1) is 12.5 Å². The molecule has 17 heavy (non-hydrogen) atoms. The SMILES string of the molecule is CC(C)Cc1ccc(C[C@H](O)CC(=O)O)cc1. The van der Waals surface area contributed by atoms with E-state index in [1.165, 1.54) is 5.56 Å². The van der Waals surface area contributed by atoms with Gasteiger partial charge in [0.1, 0.15) is 0 Å². The van der Waals surface area contributed by atoms with Gasteiger partial charge in [-0.3, -0.25) is 4.79 Å². The molecule has 0 aliphatic rings. The topological polar surface area (TPSA) is 57.5 Å². The maximum Gasteiger partial charge on any atom is 0.305 e. The van der Waals surface area contributed by atoms with Crippen molar-refractivity contribution >= 4 is 5.97 Å². The maximum atomic E-state index is 10.4. The first kappa shape index (κ1) is 13.7. The van der Waals surface area contributed by atoms with E-state index in [9.17, 15) is 9.90 Å². The maximum absolute atomic E-state index is 10.4. The monoisotopic (exact) mass is 236 g/mol. The summed E-state index contributed by atoms with van der Waals surface area (Å²) in [5.74, 6) is -0.340. The first-order valence-electron chi connectivity index (χ1n) is 5.95.